The highest BCUT2D eigenvalue weighted by Crippen LogP contribution is 2.18. The number of rotatable bonds is 6. The Morgan fingerprint density at radius 2 is 2.19 bits per heavy atom. The Morgan fingerprint density at radius 3 is 2.81 bits per heavy atom. The van der Waals surface area contributed by atoms with Crippen molar-refractivity contribution in [3.05, 3.63) is 16.1 Å². The van der Waals surface area contributed by atoms with E-state index in [0.717, 1.165) is 10.7 Å². The summed E-state index contributed by atoms with van der Waals surface area (Å²) in [7, 11) is 0. The van der Waals surface area contributed by atoms with E-state index in [1.54, 1.807) is 0 Å². The first-order chi connectivity index (χ1) is 7.51. The summed E-state index contributed by atoms with van der Waals surface area (Å²) in [6.07, 6.45) is -4.19. The molecule has 0 amide bonds. The standard InChI is InChI=1S/C9H14F3N3S/c10-9(11,12)2-4-14-5-7-6-16-8(15-7)1-3-13/h6,14H,1-5,13H2. The molecule has 0 unspecified atom stereocenters. The van der Waals surface area contributed by atoms with E-state index >= 15 is 0 Å². The highest BCUT2D eigenvalue weighted by molar-refractivity contribution is 7.09. The Balaban J connectivity index is 2.21. The molecular formula is C9H14F3N3S. The van der Waals surface area contributed by atoms with Crippen LogP contribution in [-0.4, -0.2) is 24.2 Å². The average molecular weight is 253 g/mol. The fourth-order valence-electron chi connectivity index (χ4n) is 1.11. The summed E-state index contributed by atoms with van der Waals surface area (Å²) in [5.41, 5.74) is 6.14. The van der Waals surface area contributed by atoms with Gasteiger partial charge in [0.25, 0.3) is 0 Å². The lowest BCUT2D eigenvalue weighted by molar-refractivity contribution is -0.133. The third-order valence-corrected chi connectivity index (χ3v) is 2.81. The Bertz CT molecular complexity index is 311. The predicted molar refractivity (Wildman–Crippen MR) is 57.3 cm³/mol. The summed E-state index contributed by atoms with van der Waals surface area (Å²) < 4.78 is 35.5. The van der Waals surface area contributed by atoms with Gasteiger partial charge in [-0.2, -0.15) is 13.2 Å². The zero-order valence-electron chi connectivity index (χ0n) is 8.68. The van der Waals surface area contributed by atoms with Gasteiger partial charge in [0.2, 0.25) is 0 Å². The molecule has 16 heavy (non-hydrogen) atoms. The van der Waals surface area contributed by atoms with E-state index in [1.165, 1.54) is 11.3 Å². The van der Waals surface area contributed by atoms with E-state index in [-0.39, 0.29) is 6.54 Å². The van der Waals surface area contributed by atoms with Gasteiger partial charge in [0.1, 0.15) is 0 Å². The first-order valence-electron chi connectivity index (χ1n) is 4.92. The van der Waals surface area contributed by atoms with Crippen molar-refractivity contribution in [3.63, 3.8) is 0 Å². The van der Waals surface area contributed by atoms with Gasteiger partial charge in [-0.15, -0.1) is 11.3 Å². The second-order valence-corrected chi connectivity index (χ2v) is 4.26. The second kappa shape index (κ2) is 6.17. The van der Waals surface area contributed by atoms with Gasteiger partial charge in [0, 0.05) is 24.9 Å². The Kier molecular flexibility index (Phi) is 5.17. The van der Waals surface area contributed by atoms with Crippen LogP contribution in [0.15, 0.2) is 5.38 Å². The van der Waals surface area contributed by atoms with E-state index in [2.05, 4.69) is 10.3 Å². The smallest absolute Gasteiger partial charge is 0.330 e. The maximum Gasteiger partial charge on any atom is 0.390 e. The predicted octanol–water partition coefficient (Wildman–Crippen LogP) is 1.69. The molecule has 0 bridgehead atoms. The van der Waals surface area contributed by atoms with E-state index in [9.17, 15) is 13.2 Å². The second-order valence-electron chi connectivity index (χ2n) is 3.31. The van der Waals surface area contributed by atoms with Crippen molar-refractivity contribution in [1.82, 2.24) is 10.3 Å². The lowest BCUT2D eigenvalue weighted by atomic mass is 10.4. The SMILES string of the molecule is NCCc1nc(CNCCC(F)(F)F)cs1. The normalized spacial score (nSPS) is 12.0. The molecule has 1 aromatic heterocycles. The molecule has 92 valence electrons. The molecule has 0 aliphatic heterocycles. The van der Waals surface area contributed by atoms with Crippen LogP contribution in [0.3, 0.4) is 0 Å². The minimum atomic E-state index is -4.10. The van der Waals surface area contributed by atoms with Gasteiger partial charge in [-0.05, 0) is 6.54 Å². The van der Waals surface area contributed by atoms with Crippen LogP contribution in [0, 0.1) is 0 Å². The first kappa shape index (κ1) is 13.4. The fraction of sp³-hybridized carbons (Fsp3) is 0.667. The molecule has 0 aromatic carbocycles. The molecule has 3 N–H and O–H groups in total. The van der Waals surface area contributed by atoms with E-state index in [1.807, 2.05) is 5.38 Å². The van der Waals surface area contributed by atoms with Crippen molar-refractivity contribution in [3.8, 4) is 0 Å². The summed E-state index contributed by atoms with van der Waals surface area (Å²) in [5.74, 6) is 0. The molecule has 1 heterocycles. The number of halogens is 3. The van der Waals surface area contributed by atoms with Gasteiger partial charge in [-0.1, -0.05) is 0 Å². The van der Waals surface area contributed by atoms with Crippen LogP contribution >= 0.6 is 11.3 Å². The van der Waals surface area contributed by atoms with Crippen LogP contribution in [-0.2, 0) is 13.0 Å². The Morgan fingerprint density at radius 1 is 1.44 bits per heavy atom. The first-order valence-corrected chi connectivity index (χ1v) is 5.80. The molecule has 1 aromatic rings. The van der Waals surface area contributed by atoms with Crippen molar-refractivity contribution in [2.75, 3.05) is 13.1 Å². The fourth-order valence-corrected chi connectivity index (χ4v) is 1.93. The van der Waals surface area contributed by atoms with Gasteiger partial charge in [-0.3, -0.25) is 0 Å². The van der Waals surface area contributed by atoms with Crippen LogP contribution in [0.25, 0.3) is 0 Å². The summed E-state index contributed by atoms with van der Waals surface area (Å²) in [6, 6.07) is 0. The number of hydrogen-bond acceptors (Lipinski definition) is 4. The van der Waals surface area contributed by atoms with Crippen LogP contribution in [0.4, 0.5) is 13.2 Å². The highest BCUT2D eigenvalue weighted by atomic mass is 32.1. The quantitative estimate of drug-likeness (QED) is 0.758. The van der Waals surface area contributed by atoms with Gasteiger partial charge < -0.3 is 11.1 Å². The number of aromatic nitrogens is 1. The van der Waals surface area contributed by atoms with Crippen molar-refractivity contribution in [2.45, 2.75) is 25.6 Å². The van der Waals surface area contributed by atoms with Gasteiger partial charge in [0.15, 0.2) is 0 Å². The number of nitrogens with two attached hydrogens (primary N) is 1. The molecule has 0 saturated carbocycles. The highest BCUT2D eigenvalue weighted by Gasteiger charge is 2.25. The molecule has 0 aliphatic rings. The Hall–Kier alpha value is -0.660. The van der Waals surface area contributed by atoms with Gasteiger partial charge in [-0.25, -0.2) is 4.98 Å². The van der Waals surface area contributed by atoms with Crippen LogP contribution in [0.5, 0.6) is 0 Å². The number of thiazole rings is 1. The van der Waals surface area contributed by atoms with Crippen LogP contribution < -0.4 is 11.1 Å². The number of hydrogen-bond donors (Lipinski definition) is 2. The lowest BCUT2D eigenvalue weighted by Gasteiger charge is -2.06. The van der Waals surface area contributed by atoms with Gasteiger partial charge in [0.05, 0.1) is 17.1 Å². The maximum atomic E-state index is 11.8. The van der Waals surface area contributed by atoms with Crippen molar-refractivity contribution < 1.29 is 13.2 Å². The zero-order chi connectivity index (χ0) is 12.0. The lowest BCUT2D eigenvalue weighted by Crippen LogP contribution is -2.21. The maximum absolute atomic E-state index is 11.8. The Labute approximate surface area is 95.9 Å². The summed E-state index contributed by atoms with van der Waals surface area (Å²) in [6.45, 7) is 0.832. The topological polar surface area (TPSA) is 50.9 Å². The van der Waals surface area contributed by atoms with Crippen LogP contribution in [0.2, 0.25) is 0 Å². The number of alkyl halides is 3. The molecular weight excluding hydrogens is 239 g/mol. The van der Waals surface area contributed by atoms with Crippen LogP contribution in [0.1, 0.15) is 17.1 Å². The van der Waals surface area contributed by atoms with Crippen molar-refractivity contribution >= 4 is 11.3 Å². The molecule has 0 saturated heterocycles. The zero-order valence-corrected chi connectivity index (χ0v) is 9.50. The number of nitrogens with zero attached hydrogens (tertiary/aromatic N) is 1. The largest absolute Gasteiger partial charge is 0.390 e. The molecule has 0 aliphatic carbocycles. The molecule has 3 nitrogen and oxygen atoms in total. The van der Waals surface area contributed by atoms with Gasteiger partial charge >= 0.3 is 6.18 Å². The van der Waals surface area contributed by atoms with E-state index in [0.29, 0.717) is 19.5 Å². The summed E-state index contributed by atoms with van der Waals surface area (Å²) >= 11 is 1.48. The monoisotopic (exact) mass is 253 g/mol. The molecule has 0 radical (unpaired) electrons. The molecule has 1 rings (SSSR count). The third kappa shape index (κ3) is 5.43. The van der Waals surface area contributed by atoms with E-state index < -0.39 is 12.6 Å². The molecule has 0 atom stereocenters. The molecule has 0 spiro atoms. The van der Waals surface area contributed by atoms with Crippen molar-refractivity contribution in [1.29, 1.82) is 0 Å². The summed E-state index contributed by atoms with van der Waals surface area (Å²) in [4.78, 5) is 4.23. The molecule has 0 fully saturated rings. The average Bonchev–Trinajstić information content (AvgIpc) is 2.60. The number of nitrogens with one attached hydrogen (secondary N) is 1. The minimum Gasteiger partial charge on any atom is -0.330 e. The minimum absolute atomic E-state index is 0.0761. The van der Waals surface area contributed by atoms with Crippen molar-refractivity contribution in [2.24, 2.45) is 5.73 Å². The molecule has 7 heteroatoms. The third-order valence-electron chi connectivity index (χ3n) is 1.85. The van der Waals surface area contributed by atoms with E-state index in [4.69, 9.17) is 5.73 Å². The summed E-state index contributed by atoms with van der Waals surface area (Å²) in [5, 5.41) is 5.47.